The maximum Gasteiger partial charge on any atom is 0.185 e. The van der Waals surface area contributed by atoms with Crippen LogP contribution in [0.5, 0.6) is 0 Å². The van der Waals surface area contributed by atoms with E-state index in [9.17, 15) is 15.0 Å². The largest absolute Gasteiger partial charge is 0.395 e. The van der Waals surface area contributed by atoms with Gasteiger partial charge in [-0.25, -0.2) is 0 Å². The second kappa shape index (κ2) is 7.63. The van der Waals surface area contributed by atoms with Gasteiger partial charge in [0.05, 0.1) is 12.7 Å². The zero-order valence-corrected chi connectivity index (χ0v) is 16.7. The van der Waals surface area contributed by atoms with Crippen molar-refractivity contribution in [2.24, 2.45) is 0 Å². The Morgan fingerprint density at radius 1 is 1.35 bits per heavy atom. The highest BCUT2D eigenvalue weighted by Crippen LogP contribution is 2.48. The van der Waals surface area contributed by atoms with Gasteiger partial charge >= 0.3 is 0 Å². The summed E-state index contributed by atoms with van der Waals surface area (Å²) in [6.45, 7) is 14.7. The third kappa shape index (κ3) is 3.51. The van der Waals surface area contributed by atoms with E-state index in [0.29, 0.717) is 18.5 Å². The normalized spacial score (nSPS) is 25.0. The molecule has 1 aliphatic rings. The number of ketones is 1. The highest BCUT2D eigenvalue weighted by molar-refractivity contribution is 6.06. The number of carbonyl (C=O) groups is 1. The molecule has 2 rings (SSSR count). The summed E-state index contributed by atoms with van der Waals surface area (Å²) in [6, 6.07) is 5.89. The van der Waals surface area contributed by atoms with Crippen molar-refractivity contribution < 1.29 is 15.0 Å². The number of piperidine rings is 1. The van der Waals surface area contributed by atoms with Crippen molar-refractivity contribution in [3.8, 4) is 0 Å². The maximum absolute atomic E-state index is 12.7. The van der Waals surface area contributed by atoms with Gasteiger partial charge in [-0.05, 0) is 57.7 Å². The van der Waals surface area contributed by atoms with Crippen molar-refractivity contribution >= 4 is 5.78 Å². The SMILES string of the molecule is C=CC(=O)c1c(CC)cccc1C1C(O)CC(C)(C)N(CCO)C1(C)C. The van der Waals surface area contributed by atoms with Gasteiger partial charge in [0.1, 0.15) is 0 Å². The Labute approximate surface area is 157 Å². The molecule has 0 saturated carbocycles. The first-order valence-electron chi connectivity index (χ1n) is 9.47. The molecule has 0 aliphatic carbocycles. The van der Waals surface area contributed by atoms with Gasteiger partial charge in [0.25, 0.3) is 0 Å². The molecule has 2 unspecified atom stereocenters. The van der Waals surface area contributed by atoms with Crippen LogP contribution >= 0.6 is 0 Å². The molecule has 1 aliphatic heterocycles. The van der Waals surface area contributed by atoms with Gasteiger partial charge in [-0.3, -0.25) is 9.69 Å². The lowest BCUT2D eigenvalue weighted by molar-refractivity contribution is -0.103. The van der Waals surface area contributed by atoms with Crippen molar-refractivity contribution in [3.63, 3.8) is 0 Å². The molecular weight excluding hydrogens is 326 g/mol. The summed E-state index contributed by atoms with van der Waals surface area (Å²) in [6.07, 6.45) is 2.12. The van der Waals surface area contributed by atoms with Crippen molar-refractivity contribution in [3.05, 3.63) is 47.5 Å². The fourth-order valence-corrected chi connectivity index (χ4v) is 5.01. The molecule has 1 aromatic carbocycles. The number of aryl methyl sites for hydroxylation is 1. The standard InChI is InChI=1S/C22H33NO3/c1-7-15-10-9-11-16(19(15)17(25)8-2)20-18(26)14-21(3,4)23(12-13-24)22(20,5)6/h8-11,18,20,24,26H,2,7,12-14H2,1,3-6H3. The summed E-state index contributed by atoms with van der Waals surface area (Å²) < 4.78 is 0. The van der Waals surface area contributed by atoms with E-state index in [1.807, 2.05) is 25.1 Å². The van der Waals surface area contributed by atoms with Gasteiger partial charge < -0.3 is 10.2 Å². The summed E-state index contributed by atoms with van der Waals surface area (Å²) in [5.74, 6) is -0.327. The van der Waals surface area contributed by atoms with E-state index in [1.54, 1.807) is 0 Å². The summed E-state index contributed by atoms with van der Waals surface area (Å²) >= 11 is 0. The van der Waals surface area contributed by atoms with Gasteiger partial charge in [-0.1, -0.05) is 31.7 Å². The second-order valence-corrected chi connectivity index (χ2v) is 8.39. The Balaban J connectivity index is 2.67. The molecule has 2 atom stereocenters. The number of β-amino-alcohol motifs (C(OH)–C–C–N with tert-alkyl or cyclic N) is 1. The molecule has 1 saturated heterocycles. The molecule has 1 aromatic rings. The molecule has 4 nitrogen and oxygen atoms in total. The van der Waals surface area contributed by atoms with Gasteiger partial charge in [0.15, 0.2) is 5.78 Å². The number of likely N-dealkylation sites (tertiary alicyclic amines) is 1. The molecular formula is C22H33NO3. The van der Waals surface area contributed by atoms with Gasteiger partial charge in [0.2, 0.25) is 0 Å². The quantitative estimate of drug-likeness (QED) is 0.604. The molecule has 1 fully saturated rings. The molecule has 26 heavy (non-hydrogen) atoms. The van der Waals surface area contributed by atoms with E-state index in [0.717, 1.165) is 17.5 Å². The number of aliphatic hydroxyl groups is 2. The molecule has 0 spiro atoms. The number of benzene rings is 1. The Kier molecular flexibility index (Phi) is 6.11. The summed E-state index contributed by atoms with van der Waals surface area (Å²) in [5.41, 5.74) is 1.87. The van der Waals surface area contributed by atoms with Crippen LogP contribution in [-0.2, 0) is 6.42 Å². The first-order chi connectivity index (χ1) is 12.1. The van der Waals surface area contributed by atoms with Crippen LogP contribution in [0.25, 0.3) is 0 Å². The van der Waals surface area contributed by atoms with E-state index in [1.165, 1.54) is 6.08 Å². The van der Waals surface area contributed by atoms with E-state index in [4.69, 9.17) is 0 Å². The highest BCUT2D eigenvalue weighted by Gasteiger charge is 2.52. The fraction of sp³-hybridized carbons (Fsp3) is 0.591. The highest BCUT2D eigenvalue weighted by atomic mass is 16.3. The summed E-state index contributed by atoms with van der Waals surface area (Å²) in [4.78, 5) is 14.9. The lowest BCUT2D eigenvalue weighted by atomic mass is 9.66. The van der Waals surface area contributed by atoms with Gasteiger partial charge in [-0.2, -0.15) is 0 Å². The van der Waals surface area contributed by atoms with Crippen LogP contribution in [0.3, 0.4) is 0 Å². The minimum Gasteiger partial charge on any atom is -0.395 e. The van der Waals surface area contributed by atoms with Crippen LogP contribution < -0.4 is 0 Å². The molecule has 0 radical (unpaired) electrons. The van der Waals surface area contributed by atoms with Crippen LogP contribution in [0.4, 0.5) is 0 Å². The number of aliphatic hydroxyl groups excluding tert-OH is 2. The lowest BCUT2D eigenvalue weighted by Crippen LogP contribution is -2.66. The van der Waals surface area contributed by atoms with Crippen LogP contribution in [0.2, 0.25) is 0 Å². The van der Waals surface area contributed by atoms with Crippen LogP contribution in [0.1, 0.15) is 68.4 Å². The van der Waals surface area contributed by atoms with Crippen LogP contribution in [0, 0.1) is 0 Å². The Morgan fingerprint density at radius 2 is 2.00 bits per heavy atom. The topological polar surface area (TPSA) is 60.8 Å². The first kappa shape index (κ1) is 20.8. The number of hydrogen-bond donors (Lipinski definition) is 2. The summed E-state index contributed by atoms with van der Waals surface area (Å²) in [5, 5.41) is 20.7. The molecule has 1 heterocycles. The first-order valence-corrected chi connectivity index (χ1v) is 9.47. The lowest BCUT2D eigenvalue weighted by Gasteiger charge is -2.58. The van der Waals surface area contributed by atoms with Crippen molar-refractivity contribution in [2.45, 2.75) is 70.6 Å². The fourth-order valence-electron chi connectivity index (χ4n) is 5.01. The molecule has 4 heteroatoms. The van der Waals surface area contributed by atoms with Crippen LogP contribution in [-0.4, -0.2) is 51.2 Å². The predicted octanol–water partition coefficient (Wildman–Crippen LogP) is 3.32. The molecule has 0 aromatic heterocycles. The molecule has 2 N–H and O–H groups in total. The average molecular weight is 360 g/mol. The Morgan fingerprint density at radius 3 is 2.54 bits per heavy atom. The molecule has 0 bridgehead atoms. The smallest absolute Gasteiger partial charge is 0.185 e. The number of rotatable bonds is 6. The molecule has 144 valence electrons. The Bertz CT molecular complexity index is 678. The zero-order chi connectivity index (χ0) is 19.7. The van der Waals surface area contributed by atoms with Crippen molar-refractivity contribution in [1.82, 2.24) is 4.90 Å². The predicted molar refractivity (Wildman–Crippen MR) is 106 cm³/mol. The van der Waals surface area contributed by atoms with Gasteiger partial charge in [-0.15, -0.1) is 0 Å². The maximum atomic E-state index is 12.7. The van der Waals surface area contributed by atoms with Crippen LogP contribution in [0.15, 0.2) is 30.9 Å². The van der Waals surface area contributed by atoms with E-state index < -0.39 is 11.6 Å². The number of hydrogen-bond acceptors (Lipinski definition) is 4. The van der Waals surface area contributed by atoms with E-state index in [-0.39, 0.29) is 23.8 Å². The minimum atomic E-state index is -0.571. The minimum absolute atomic E-state index is 0.0587. The summed E-state index contributed by atoms with van der Waals surface area (Å²) in [7, 11) is 0. The monoisotopic (exact) mass is 359 g/mol. The number of allylic oxidation sites excluding steroid dienone is 1. The Hall–Kier alpha value is -1.49. The number of carbonyl (C=O) groups excluding carboxylic acids is 1. The average Bonchev–Trinajstić information content (AvgIpc) is 2.56. The van der Waals surface area contributed by atoms with E-state index >= 15 is 0 Å². The molecule has 0 amide bonds. The van der Waals surface area contributed by atoms with Gasteiger partial charge in [0, 0.05) is 29.1 Å². The van der Waals surface area contributed by atoms with Crippen molar-refractivity contribution in [1.29, 1.82) is 0 Å². The van der Waals surface area contributed by atoms with E-state index in [2.05, 4.69) is 39.2 Å². The number of nitrogens with zero attached hydrogens (tertiary/aromatic N) is 1. The van der Waals surface area contributed by atoms with Crippen molar-refractivity contribution in [2.75, 3.05) is 13.2 Å². The second-order valence-electron chi connectivity index (χ2n) is 8.39. The zero-order valence-electron chi connectivity index (χ0n) is 16.7. The third-order valence-electron chi connectivity index (χ3n) is 5.94. The third-order valence-corrected chi connectivity index (χ3v) is 5.94.